The molecule has 2 N–H and O–H groups in total. The molecule has 0 bridgehead atoms. The van der Waals surface area contributed by atoms with Gasteiger partial charge in [0.1, 0.15) is 11.5 Å². The van der Waals surface area contributed by atoms with Crippen molar-refractivity contribution < 1.29 is 13.7 Å². The smallest absolute Gasteiger partial charge is 0.327 e. The molecule has 0 amide bonds. The Hall–Kier alpha value is -1.76. The lowest BCUT2D eigenvalue weighted by Crippen LogP contribution is -2.31. The number of nitrogens with one attached hydrogen (secondary N) is 2. The zero-order chi connectivity index (χ0) is 13.8. The van der Waals surface area contributed by atoms with Crippen LogP contribution in [0.1, 0.15) is 12.8 Å². The van der Waals surface area contributed by atoms with Crippen LogP contribution in [0.15, 0.2) is 12.1 Å². The number of hydrogen-bond acceptors (Lipinski definition) is 4. The van der Waals surface area contributed by atoms with E-state index in [4.69, 9.17) is 0 Å². The van der Waals surface area contributed by atoms with E-state index < -0.39 is 22.2 Å². The number of hydrogen-bond donors (Lipinski definition) is 2. The summed E-state index contributed by atoms with van der Waals surface area (Å²) in [6, 6.07) is 1.48. The van der Waals surface area contributed by atoms with Gasteiger partial charge in [-0.3, -0.25) is 10.1 Å². The van der Waals surface area contributed by atoms with E-state index >= 15 is 0 Å². The molecule has 1 aromatic rings. The molecule has 0 aromatic heterocycles. The number of nitrogens with zero attached hydrogens (tertiary/aromatic N) is 1. The molecule has 104 valence electrons. The summed E-state index contributed by atoms with van der Waals surface area (Å²) in [6.45, 7) is 2.27. The Morgan fingerprint density at radius 1 is 1.37 bits per heavy atom. The zero-order valence-electron chi connectivity index (χ0n) is 10.3. The Morgan fingerprint density at radius 2 is 2.05 bits per heavy atom. The van der Waals surface area contributed by atoms with Crippen molar-refractivity contribution in [1.29, 1.82) is 0 Å². The van der Waals surface area contributed by atoms with E-state index in [9.17, 15) is 18.9 Å². The molecule has 19 heavy (non-hydrogen) atoms. The second kappa shape index (κ2) is 5.92. The third kappa shape index (κ3) is 3.37. The van der Waals surface area contributed by atoms with Crippen molar-refractivity contribution in [3.63, 3.8) is 0 Å². The van der Waals surface area contributed by atoms with Crippen LogP contribution in [0.4, 0.5) is 20.2 Å². The standard InChI is InChI=1S/C12H15F2N3O2/c13-9-5-10(14)12(17(18)19)11(6-9)16-7-8-1-3-15-4-2-8/h5-6,8,15-16H,1-4,7H2. The fourth-order valence-electron chi connectivity index (χ4n) is 2.23. The van der Waals surface area contributed by atoms with Crippen molar-refractivity contribution >= 4 is 11.4 Å². The lowest BCUT2D eigenvalue weighted by atomic mass is 9.98. The average Bonchev–Trinajstić information content (AvgIpc) is 2.36. The Bertz CT molecular complexity index is 476. The van der Waals surface area contributed by atoms with E-state index in [1.54, 1.807) is 0 Å². The normalized spacial score (nSPS) is 16.3. The van der Waals surface area contributed by atoms with Gasteiger partial charge in [0.25, 0.3) is 0 Å². The first-order valence-corrected chi connectivity index (χ1v) is 6.16. The van der Waals surface area contributed by atoms with E-state index in [0.29, 0.717) is 18.5 Å². The van der Waals surface area contributed by atoms with Gasteiger partial charge in [-0.1, -0.05) is 0 Å². The first-order valence-electron chi connectivity index (χ1n) is 6.16. The second-order valence-corrected chi connectivity index (χ2v) is 4.62. The summed E-state index contributed by atoms with van der Waals surface area (Å²) in [5.41, 5.74) is -0.795. The van der Waals surface area contributed by atoms with Gasteiger partial charge >= 0.3 is 5.69 Å². The summed E-state index contributed by atoms with van der Waals surface area (Å²) in [6.07, 6.45) is 1.89. The van der Waals surface area contributed by atoms with Crippen LogP contribution in [-0.4, -0.2) is 24.6 Å². The van der Waals surface area contributed by atoms with Crippen molar-refractivity contribution in [3.05, 3.63) is 33.9 Å². The summed E-state index contributed by atoms with van der Waals surface area (Å²) in [7, 11) is 0. The highest BCUT2D eigenvalue weighted by molar-refractivity contribution is 5.62. The largest absolute Gasteiger partial charge is 0.379 e. The van der Waals surface area contributed by atoms with Crippen LogP contribution in [0.25, 0.3) is 0 Å². The van der Waals surface area contributed by atoms with E-state index in [-0.39, 0.29) is 5.69 Å². The first-order chi connectivity index (χ1) is 9.08. The van der Waals surface area contributed by atoms with Crippen LogP contribution < -0.4 is 10.6 Å². The number of anilines is 1. The summed E-state index contributed by atoms with van der Waals surface area (Å²) < 4.78 is 26.5. The predicted molar refractivity (Wildman–Crippen MR) is 67.1 cm³/mol. The highest BCUT2D eigenvalue weighted by atomic mass is 19.1. The van der Waals surface area contributed by atoms with Gasteiger partial charge in [0.2, 0.25) is 5.82 Å². The van der Waals surface area contributed by atoms with Crippen LogP contribution in [0.3, 0.4) is 0 Å². The molecule has 7 heteroatoms. The average molecular weight is 271 g/mol. The minimum absolute atomic E-state index is 0.0963. The van der Waals surface area contributed by atoms with Crippen LogP contribution in [0.2, 0.25) is 0 Å². The Kier molecular flexibility index (Phi) is 4.26. The first kappa shape index (κ1) is 13.7. The molecule has 0 atom stereocenters. The van der Waals surface area contributed by atoms with Crippen molar-refractivity contribution in [2.24, 2.45) is 5.92 Å². The highest BCUT2D eigenvalue weighted by Crippen LogP contribution is 2.29. The minimum Gasteiger partial charge on any atom is -0.379 e. The Morgan fingerprint density at radius 3 is 2.68 bits per heavy atom. The summed E-state index contributed by atoms with van der Waals surface area (Å²) >= 11 is 0. The highest BCUT2D eigenvalue weighted by Gasteiger charge is 2.23. The zero-order valence-corrected chi connectivity index (χ0v) is 10.3. The Labute approximate surface area is 109 Å². The molecule has 1 fully saturated rings. The number of benzene rings is 1. The van der Waals surface area contributed by atoms with Crippen molar-refractivity contribution in [1.82, 2.24) is 5.32 Å². The second-order valence-electron chi connectivity index (χ2n) is 4.62. The molecule has 1 aliphatic heterocycles. The molecule has 5 nitrogen and oxygen atoms in total. The van der Waals surface area contributed by atoms with Gasteiger partial charge in [0.05, 0.1) is 4.92 Å². The summed E-state index contributed by atoms with van der Waals surface area (Å²) in [5.74, 6) is -1.62. The molecule has 1 saturated heterocycles. The van der Waals surface area contributed by atoms with Crippen LogP contribution >= 0.6 is 0 Å². The molecule has 0 unspecified atom stereocenters. The number of nitro groups is 1. The number of halogens is 2. The maximum atomic E-state index is 13.4. The SMILES string of the molecule is O=[N+]([O-])c1c(F)cc(F)cc1NCC1CCNCC1. The van der Waals surface area contributed by atoms with Gasteiger partial charge in [0.15, 0.2) is 0 Å². The number of rotatable bonds is 4. The topological polar surface area (TPSA) is 67.2 Å². The van der Waals surface area contributed by atoms with E-state index in [0.717, 1.165) is 32.0 Å². The van der Waals surface area contributed by atoms with Gasteiger partial charge in [-0.25, -0.2) is 4.39 Å². The summed E-state index contributed by atoms with van der Waals surface area (Å²) in [5, 5.41) is 16.8. The molecule has 0 saturated carbocycles. The lowest BCUT2D eigenvalue weighted by Gasteiger charge is -2.23. The van der Waals surface area contributed by atoms with Crippen molar-refractivity contribution in [2.75, 3.05) is 25.0 Å². The lowest BCUT2D eigenvalue weighted by molar-refractivity contribution is -0.386. The van der Waals surface area contributed by atoms with E-state index in [1.807, 2.05) is 0 Å². The molecular formula is C12H15F2N3O2. The molecular weight excluding hydrogens is 256 g/mol. The third-order valence-corrected chi connectivity index (χ3v) is 3.25. The monoisotopic (exact) mass is 271 g/mol. The van der Waals surface area contributed by atoms with Gasteiger partial charge in [-0.15, -0.1) is 0 Å². The minimum atomic E-state index is -1.15. The molecule has 0 radical (unpaired) electrons. The molecule has 1 aliphatic rings. The number of piperidine rings is 1. The molecule has 2 rings (SSSR count). The van der Waals surface area contributed by atoms with E-state index in [2.05, 4.69) is 10.6 Å². The molecule has 0 aliphatic carbocycles. The predicted octanol–water partition coefficient (Wildman–Crippen LogP) is 2.28. The molecule has 1 aromatic carbocycles. The van der Waals surface area contributed by atoms with Gasteiger partial charge in [-0.2, -0.15) is 4.39 Å². The van der Waals surface area contributed by atoms with Crippen molar-refractivity contribution in [2.45, 2.75) is 12.8 Å². The van der Waals surface area contributed by atoms with Crippen molar-refractivity contribution in [3.8, 4) is 0 Å². The maximum absolute atomic E-state index is 13.4. The summed E-state index contributed by atoms with van der Waals surface area (Å²) in [4.78, 5) is 9.96. The quantitative estimate of drug-likeness (QED) is 0.651. The fraction of sp³-hybridized carbons (Fsp3) is 0.500. The van der Waals surface area contributed by atoms with E-state index in [1.165, 1.54) is 0 Å². The number of nitro benzene ring substituents is 1. The Balaban J connectivity index is 2.12. The van der Waals surface area contributed by atoms with Crippen LogP contribution in [0.5, 0.6) is 0 Å². The van der Waals surface area contributed by atoms with Crippen LogP contribution in [-0.2, 0) is 0 Å². The third-order valence-electron chi connectivity index (χ3n) is 3.25. The molecule has 0 spiro atoms. The fourth-order valence-corrected chi connectivity index (χ4v) is 2.23. The molecule has 1 heterocycles. The van der Waals surface area contributed by atoms with Gasteiger partial charge < -0.3 is 10.6 Å². The maximum Gasteiger partial charge on any atom is 0.327 e. The van der Waals surface area contributed by atoms with Gasteiger partial charge in [0, 0.05) is 18.7 Å². The van der Waals surface area contributed by atoms with Gasteiger partial charge in [-0.05, 0) is 31.8 Å². The van der Waals surface area contributed by atoms with Crippen LogP contribution in [0, 0.1) is 27.7 Å².